The average molecular weight is 865 g/mol. The van der Waals surface area contributed by atoms with Crippen LogP contribution in [0.3, 0.4) is 0 Å². The molecule has 0 fully saturated rings. The SMILES string of the molecule is c1ccc(-c2cc(N(c3ccccc3)c3ccc4c5ccccc5c5ccccc5c4c3)ccc2-c2ccc(N(c3ccccc3)c3ccc4c5ccccc5c5ccccc5c4c3)cc2)cc1. The van der Waals surface area contributed by atoms with Crippen LogP contribution in [-0.4, -0.2) is 0 Å². The maximum absolute atomic E-state index is 2.40. The Morgan fingerprint density at radius 2 is 0.441 bits per heavy atom. The van der Waals surface area contributed by atoms with Gasteiger partial charge in [0.05, 0.1) is 0 Å². The molecule has 0 aliphatic rings. The molecular weight excluding hydrogens is 821 g/mol. The normalized spacial score (nSPS) is 11.5. The van der Waals surface area contributed by atoms with E-state index in [1.54, 1.807) is 0 Å². The Balaban J connectivity index is 0.943. The third-order valence-corrected chi connectivity index (χ3v) is 13.8. The maximum Gasteiger partial charge on any atom is 0.0468 e. The monoisotopic (exact) mass is 864 g/mol. The van der Waals surface area contributed by atoms with Crippen LogP contribution in [0.25, 0.3) is 86.9 Å². The second-order valence-electron chi connectivity index (χ2n) is 17.6. The van der Waals surface area contributed by atoms with Gasteiger partial charge in [0.15, 0.2) is 0 Å². The van der Waals surface area contributed by atoms with Gasteiger partial charge in [0.2, 0.25) is 0 Å². The predicted octanol–water partition coefficient (Wildman–Crippen LogP) is 18.9. The molecule has 2 heteroatoms. The summed E-state index contributed by atoms with van der Waals surface area (Å²) in [6, 6.07) is 97.4. The van der Waals surface area contributed by atoms with Gasteiger partial charge in [-0.05, 0) is 160 Å². The zero-order valence-electron chi connectivity index (χ0n) is 37.3. The van der Waals surface area contributed by atoms with Gasteiger partial charge in [-0.15, -0.1) is 0 Å². The summed E-state index contributed by atoms with van der Waals surface area (Å²) in [7, 11) is 0. The Kier molecular flexibility index (Phi) is 9.54. The summed E-state index contributed by atoms with van der Waals surface area (Å²) in [5.74, 6) is 0. The first-order valence-electron chi connectivity index (χ1n) is 23.4. The van der Waals surface area contributed by atoms with E-state index in [-0.39, 0.29) is 0 Å². The Morgan fingerprint density at radius 3 is 0.868 bits per heavy atom. The molecule has 0 amide bonds. The summed E-state index contributed by atoms with van der Waals surface area (Å²) < 4.78 is 0. The minimum absolute atomic E-state index is 1.09. The lowest BCUT2D eigenvalue weighted by molar-refractivity contribution is 1.28. The number of rotatable bonds is 8. The topological polar surface area (TPSA) is 6.48 Å². The molecule has 13 aromatic rings. The minimum atomic E-state index is 1.09. The van der Waals surface area contributed by atoms with Crippen molar-refractivity contribution in [3.63, 3.8) is 0 Å². The second kappa shape index (κ2) is 16.5. The molecule has 0 aliphatic carbocycles. The Hall–Kier alpha value is -8.98. The molecule has 2 nitrogen and oxygen atoms in total. The molecule has 0 N–H and O–H groups in total. The summed E-state index contributed by atoms with van der Waals surface area (Å²) >= 11 is 0. The van der Waals surface area contributed by atoms with Crippen LogP contribution in [0.4, 0.5) is 34.1 Å². The lowest BCUT2D eigenvalue weighted by Gasteiger charge is -2.28. The van der Waals surface area contributed by atoms with E-state index in [0.29, 0.717) is 0 Å². The molecule has 0 bridgehead atoms. The number of fused-ring (bicyclic) bond motifs is 12. The van der Waals surface area contributed by atoms with Crippen LogP contribution >= 0.6 is 0 Å². The molecule has 318 valence electrons. The van der Waals surface area contributed by atoms with E-state index in [1.807, 2.05) is 0 Å². The maximum atomic E-state index is 2.40. The van der Waals surface area contributed by atoms with Gasteiger partial charge in [-0.2, -0.15) is 0 Å². The van der Waals surface area contributed by atoms with E-state index in [1.165, 1.54) is 81.3 Å². The molecule has 0 heterocycles. The van der Waals surface area contributed by atoms with E-state index in [4.69, 9.17) is 0 Å². The molecule has 13 rings (SSSR count). The Bertz CT molecular complexity index is 3940. The van der Waals surface area contributed by atoms with Gasteiger partial charge in [0, 0.05) is 34.1 Å². The molecule has 13 aromatic carbocycles. The van der Waals surface area contributed by atoms with Crippen LogP contribution in [0.15, 0.2) is 267 Å². The third-order valence-electron chi connectivity index (χ3n) is 13.8. The van der Waals surface area contributed by atoms with Crippen molar-refractivity contribution in [2.75, 3.05) is 9.80 Å². The highest BCUT2D eigenvalue weighted by Gasteiger charge is 2.20. The Labute approximate surface area is 395 Å². The summed E-state index contributed by atoms with van der Waals surface area (Å²) in [4.78, 5) is 4.78. The summed E-state index contributed by atoms with van der Waals surface area (Å²) in [5.41, 5.74) is 11.3. The van der Waals surface area contributed by atoms with E-state index in [9.17, 15) is 0 Å². The number of nitrogens with zero attached hydrogens (tertiary/aromatic N) is 2. The molecule has 0 atom stereocenters. The quantitative estimate of drug-likeness (QED) is 0.140. The number of anilines is 6. The standard InChI is InChI=1S/C66H44N2/c1-4-18-45(19-5-1)64-42-50(68(48-22-8-3-9-23-48)52-38-41-63-59-29-13-11-25-55(59)57-27-15-17-31-61(57)66(63)44-52)36-39-53(64)46-32-34-49(35-33-46)67(47-20-6-2-7-21-47)51-37-40-62-58-28-12-10-24-54(58)56-26-14-16-30-60(56)65(62)43-51/h1-44H. The molecule has 68 heavy (non-hydrogen) atoms. The molecule has 0 saturated heterocycles. The van der Waals surface area contributed by atoms with Crippen LogP contribution in [0.5, 0.6) is 0 Å². The van der Waals surface area contributed by atoms with Crippen LogP contribution in [-0.2, 0) is 0 Å². The van der Waals surface area contributed by atoms with Gasteiger partial charge < -0.3 is 9.80 Å². The van der Waals surface area contributed by atoms with Crippen LogP contribution in [0.2, 0.25) is 0 Å². The molecule has 0 saturated carbocycles. The first-order valence-corrected chi connectivity index (χ1v) is 23.4. The van der Waals surface area contributed by atoms with Crippen molar-refractivity contribution in [2.24, 2.45) is 0 Å². The fourth-order valence-electron chi connectivity index (χ4n) is 10.7. The molecule has 0 aromatic heterocycles. The van der Waals surface area contributed by atoms with E-state index >= 15 is 0 Å². The third kappa shape index (κ3) is 6.65. The zero-order valence-corrected chi connectivity index (χ0v) is 37.3. The van der Waals surface area contributed by atoms with E-state index < -0.39 is 0 Å². The van der Waals surface area contributed by atoms with Crippen molar-refractivity contribution >= 4 is 98.8 Å². The van der Waals surface area contributed by atoms with Crippen molar-refractivity contribution in [3.8, 4) is 22.3 Å². The number of hydrogen-bond donors (Lipinski definition) is 0. The van der Waals surface area contributed by atoms with E-state index in [0.717, 1.165) is 39.7 Å². The summed E-state index contributed by atoms with van der Waals surface area (Å²) in [6.45, 7) is 0. The molecule has 0 radical (unpaired) electrons. The zero-order chi connectivity index (χ0) is 45.0. The molecular formula is C66H44N2. The summed E-state index contributed by atoms with van der Waals surface area (Å²) in [6.07, 6.45) is 0. The van der Waals surface area contributed by atoms with Gasteiger partial charge >= 0.3 is 0 Å². The van der Waals surface area contributed by atoms with Gasteiger partial charge in [-0.3, -0.25) is 0 Å². The van der Waals surface area contributed by atoms with Crippen molar-refractivity contribution in [2.45, 2.75) is 0 Å². The number of hydrogen-bond acceptors (Lipinski definition) is 2. The fraction of sp³-hybridized carbons (Fsp3) is 0. The van der Waals surface area contributed by atoms with Crippen LogP contribution in [0.1, 0.15) is 0 Å². The highest BCUT2D eigenvalue weighted by molar-refractivity contribution is 6.27. The fourth-order valence-corrected chi connectivity index (χ4v) is 10.7. The van der Waals surface area contributed by atoms with Crippen LogP contribution in [0, 0.1) is 0 Å². The van der Waals surface area contributed by atoms with Crippen molar-refractivity contribution < 1.29 is 0 Å². The van der Waals surface area contributed by atoms with Crippen molar-refractivity contribution in [1.29, 1.82) is 0 Å². The highest BCUT2D eigenvalue weighted by Crippen LogP contribution is 2.45. The first-order chi connectivity index (χ1) is 33.7. The average Bonchev–Trinajstić information content (AvgIpc) is 3.42. The second-order valence-corrected chi connectivity index (χ2v) is 17.6. The predicted molar refractivity (Wildman–Crippen MR) is 292 cm³/mol. The van der Waals surface area contributed by atoms with Crippen molar-refractivity contribution in [3.05, 3.63) is 267 Å². The highest BCUT2D eigenvalue weighted by atomic mass is 15.1. The number of benzene rings is 13. The summed E-state index contributed by atoms with van der Waals surface area (Å²) in [5, 5.41) is 15.2. The van der Waals surface area contributed by atoms with Gasteiger partial charge in [-0.25, -0.2) is 0 Å². The van der Waals surface area contributed by atoms with Gasteiger partial charge in [-0.1, -0.05) is 194 Å². The lowest BCUT2D eigenvalue weighted by atomic mass is 9.92. The van der Waals surface area contributed by atoms with Gasteiger partial charge in [0.25, 0.3) is 0 Å². The molecule has 0 aliphatic heterocycles. The Morgan fingerprint density at radius 1 is 0.162 bits per heavy atom. The van der Waals surface area contributed by atoms with Crippen molar-refractivity contribution in [1.82, 2.24) is 0 Å². The molecule has 0 spiro atoms. The minimum Gasteiger partial charge on any atom is -0.310 e. The van der Waals surface area contributed by atoms with E-state index in [2.05, 4.69) is 277 Å². The van der Waals surface area contributed by atoms with Crippen LogP contribution < -0.4 is 9.80 Å². The molecule has 0 unspecified atom stereocenters. The number of para-hydroxylation sites is 2. The largest absolute Gasteiger partial charge is 0.310 e. The lowest BCUT2D eigenvalue weighted by Crippen LogP contribution is -2.10. The van der Waals surface area contributed by atoms with Gasteiger partial charge in [0.1, 0.15) is 0 Å². The first kappa shape index (κ1) is 39.4. The smallest absolute Gasteiger partial charge is 0.0468 e.